The lowest BCUT2D eigenvalue weighted by Crippen LogP contribution is -2.30. The zero-order valence-corrected chi connectivity index (χ0v) is 11.7. The maximum Gasteiger partial charge on any atom is 0.256 e. The number of benzene rings is 1. The Morgan fingerprint density at radius 2 is 1.86 bits per heavy atom. The van der Waals surface area contributed by atoms with Crippen LogP contribution in [0.1, 0.15) is 20.3 Å². The summed E-state index contributed by atoms with van der Waals surface area (Å²) >= 11 is 0. The van der Waals surface area contributed by atoms with Gasteiger partial charge in [-0.25, -0.2) is 18.2 Å². The van der Waals surface area contributed by atoms with Crippen LogP contribution in [0, 0.1) is 29.3 Å². The number of hydrogen-bond acceptors (Lipinski definition) is 3. The maximum atomic E-state index is 13.3. The third-order valence-electron chi connectivity index (χ3n) is 3.34. The van der Waals surface area contributed by atoms with Crippen LogP contribution in [0.2, 0.25) is 0 Å². The zero-order chi connectivity index (χ0) is 15.7. The topological polar surface area (TPSA) is 58.7 Å². The van der Waals surface area contributed by atoms with Gasteiger partial charge in [-0.05, 0) is 18.9 Å². The van der Waals surface area contributed by atoms with E-state index in [1.807, 2.05) is 13.8 Å². The Bertz CT molecular complexity index is 578. The molecule has 0 bridgehead atoms. The van der Waals surface area contributed by atoms with Gasteiger partial charge in [-0.1, -0.05) is 13.8 Å². The minimum atomic E-state index is -1.57. The van der Waals surface area contributed by atoms with Crippen LogP contribution >= 0.6 is 0 Å². The Morgan fingerprint density at radius 3 is 2.33 bits per heavy atom. The van der Waals surface area contributed by atoms with Gasteiger partial charge in [0.25, 0.3) is 5.91 Å². The second-order valence-corrected chi connectivity index (χ2v) is 5.18. The number of anilines is 1. The molecule has 0 fully saturated rings. The first-order chi connectivity index (χ1) is 9.86. The van der Waals surface area contributed by atoms with Crippen molar-refractivity contribution in [3.8, 4) is 0 Å². The summed E-state index contributed by atoms with van der Waals surface area (Å²) < 4.78 is 39.6. The molecule has 1 heterocycles. The summed E-state index contributed by atoms with van der Waals surface area (Å²) in [6, 6.07) is 1.51. The SMILES string of the molecule is CC(C)C1=NN(c2cc(F)c(F)c(F)c2)C(=O)C1CCN. The van der Waals surface area contributed by atoms with Gasteiger partial charge in [0.1, 0.15) is 0 Å². The van der Waals surface area contributed by atoms with Gasteiger partial charge in [-0.15, -0.1) is 0 Å². The van der Waals surface area contributed by atoms with E-state index >= 15 is 0 Å². The fourth-order valence-electron chi connectivity index (χ4n) is 2.31. The predicted octanol–water partition coefficient (Wildman–Crippen LogP) is 2.43. The summed E-state index contributed by atoms with van der Waals surface area (Å²) in [6.07, 6.45) is 0.401. The second kappa shape index (κ2) is 5.85. The molecule has 0 spiro atoms. The number of halogens is 3. The van der Waals surface area contributed by atoms with Crippen molar-refractivity contribution >= 4 is 17.3 Å². The van der Waals surface area contributed by atoms with Crippen molar-refractivity contribution in [2.45, 2.75) is 20.3 Å². The fraction of sp³-hybridized carbons (Fsp3) is 0.429. The number of rotatable bonds is 4. The van der Waals surface area contributed by atoms with Crippen LogP contribution in [-0.2, 0) is 4.79 Å². The highest BCUT2D eigenvalue weighted by atomic mass is 19.2. The molecule has 0 aliphatic carbocycles. The number of carbonyl (C=O) groups excluding carboxylic acids is 1. The molecule has 114 valence electrons. The number of carbonyl (C=O) groups is 1. The fourth-order valence-corrected chi connectivity index (χ4v) is 2.31. The van der Waals surface area contributed by atoms with Crippen LogP contribution in [0.5, 0.6) is 0 Å². The standard InChI is InChI=1S/C14H16F3N3O/c1-7(2)13-9(3-4-18)14(21)20(19-13)8-5-10(15)12(17)11(16)6-8/h5-7,9H,3-4,18H2,1-2H3. The molecule has 0 aromatic heterocycles. The number of hydrazone groups is 1. The van der Waals surface area contributed by atoms with E-state index in [9.17, 15) is 18.0 Å². The van der Waals surface area contributed by atoms with Gasteiger partial charge in [0.2, 0.25) is 0 Å². The third kappa shape index (κ3) is 2.78. The lowest BCUT2D eigenvalue weighted by molar-refractivity contribution is -0.119. The molecule has 0 radical (unpaired) electrons. The zero-order valence-electron chi connectivity index (χ0n) is 11.7. The molecule has 2 N–H and O–H groups in total. The van der Waals surface area contributed by atoms with Gasteiger partial charge in [0.15, 0.2) is 17.5 Å². The van der Waals surface area contributed by atoms with Gasteiger partial charge in [0, 0.05) is 12.1 Å². The number of hydrogen-bond donors (Lipinski definition) is 1. The molecule has 2 rings (SSSR count). The Kier molecular flexibility index (Phi) is 4.32. The molecule has 1 aromatic rings. The van der Waals surface area contributed by atoms with Crippen LogP contribution in [0.15, 0.2) is 17.2 Å². The molecular formula is C14H16F3N3O. The van der Waals surface area contributed by atoms with Gasteiger partial charge >= 0.3 is 0 Å². The number of amides is 1. The first-order valence-corrected chi connectivity index (χ1v) is 6.63. The van der Waals surface area contributed by atoms with E-state index in [0.717, 1.165) is 17.1 Å². The molecule has 1 atom stereocenters. The van der Waals surface area contributed by atoms with Gasteiger partial charge in [0.05, 0.1) is 17.3 Å². The van der Waals surface area contributed by atoms with Gasteiger partial charge in [-0.3, -0.25) is 4.79 Å². The van der Waals surface area contributed by atoms with E-state index in [0.29, 0.717) is 18.7 Å². The first-order valence-electron chi connectivity index (χ1n) is 6.63. The summed E-state index contributed by atoms with van der Waals surface area (Å²) in [4.78, 5) is 12.3. The lowest BCUT2D eigenvalue weighted by atomic mass is 9.92. The Balaban J connectivity index is 2.43. The Morgan fingerprint density at radius 1 is 1.29 bits per heavy atom. The monoisotopic (exact) mass is 299 g/mol. The minimum absolute atomic E-state index is 0.00866. The molecule has 0 saturated carbocycles. The normalized spacial score (nSPS) is 18.6. The first kappa shape index (κ1) is 15.5. The quantitative estimate of drug-likeness (QED) is 0.868. The third-order valence-corrected chi connectivity index (χ3v) is 3.34. The van der Waals surface area contributed by atoms with Crippen molar-refractivity contribution < 1.29 is 18.0 Å². The molecule has 1 aliphatic rings. The highest BCUT2D eigenvalue weighted by molar-refractivity contribution is 6.16. The van der Waals surface area contributed by atoms with Crippen LogP contribution in [-0.4, -0.2) is 18.2 Å². The van der Waals surface area contributed by atoms with E-state index in [4.69, 9.17) is 5.73 Å². The van der Waals surface area contributed by atoms with Crippen molar-refractivity contribution in [1.82, 2.24) is 0 Å². The van der Waals surface area contributed by atoms with Crippen LogP contribution in [0.3, 0.4) is 0 Å². The molecule has 1 unspecified atom stereocenters. The average Bonchev–Trinajstić information content (AvgIpc) is 2.74. The van der Waals surface area contributed by atoms with Crippen molar-refractivity contribution in [3.63, 3.8) is 0 Å². The smallest absolute Gasteiger partial charge is 0.256 e. The highest BCUT2D eigenvalue weighted by Crippen LogP contribution is 2.30. The van der Waals surface area contributed by atoms with E-state index in [1.54, 1.807) is 0 Å². The van der Waals surface area contributed by atoms with E-state index in [-0.39, 0.29) is 11.6 Å². The summed E-state index contributed by atoms with van der Waals surface area (Å²) in [5.74, 6) is -5.22. The maximum absolute atomic E-state index is 13.3. The predicted molar refractivity (Wildman–Crippen MR) is 73.2 cm³/mol. The van der Waals surface area contributed by atoms with Crippen molar-refractivity contribution in [3.05, 3.63) is 29.6 Å². The van der Waals surface area contributed by atoms with Crippen LogP contribution in [0.25, 0.3) is 0 Å². The Labute approximate surface area is 120 Å². The summed E-state index contributed by atoms with van der Waals surface area (Å²) in [5, 5.41) is 5.06. The van der Waals surface area contributed by atoms with E-state index in [2.05, 4.69) is 5.10 Å². The molecule has 21 heavy (non-hydrogen) atoms. The van der Waals surface area contributed by atoms with E-state index < -0.39 is 29.3 Å². The molecule has 1 aromatic carbocycles. The minimum Gasteiger partial charge on any atom is -0.330 e. The van der Waals surface area contributed by atoms with Crippen LogP contribution in [0.4, 0.5) is 18.9 Å². The van der Waals surface area contributed by atoms with Crippen molar-refractivity contribution in [2.75, 3.05) is 11.6 Å². The van der Waals surface area contributed by atoms with Crippen LogP contribution < -0.4 is 10.7 Å². The molecule has 1 aliphatic heterocycles. The molecule has 1 amide bonds. The molecular weight excluding hydrogens is 283 g/mol. The van der Waals surface area contributed by atoms with Gasteiger partial charge < -0.3 is 5.73 Å². The number of nitrogens with zero attached hydrogens (tertiary/aromatic N) is 2. The van der Waals surface area contributed by atoms with Gasteiger partial charge in [-0.2, -0.15) is 5.10 Å². The summed E-state index contributed by atoms with van der Waals surface area (Å²) in [7, 11) is 0. The van der Waals surface area contributed by atoms with E-state index in [1.165, 1.54) is 0 Å². The van der Waals surface area contributed by atoms with Crippen molar-refractivity contribution in [2.24, 2.45) is 22.7 Å². The molecule has 4 nitrogen and oxygen atoms in total. The van der Waals surface area contributed by atoms with Crippen molar-refractivity contribution in [1.29, 1.82) is 0 Å². The summed E-state index contributed by atoms with van der Waals surface area (Å²) in [6.45, 7) is 4.03. The molecule has 0 saturated heterocycles. The average molecular weight is 299 g/mol. The lowest BCUT2D eigenvalue weighted by Gasteiger charge is -2.15. The summed E-state index contributed by atoms with van der Waals surface area (Å²) in [5.41, 5.74) is 5.97. The Hall–Kier alpha value is -1.89. The second-order valence-electron chi connectivity index (χ2n) is 5.18. The molecule has 7 heteroatoms. The highest BCUT2D eigenvalue weighted by Gasteiger charge is 2.37. The largest absolute Gasteiger partial charge is 0.330 e. The number of nitrogens with two attached hydrogens (primary N) is 1.